The van der Waals surface area contributed by atoms with E-state index in [0.29, 0.717) is 0 Å². The van der Waals surface area contributed by atoms with Crippen LogP contribution in [-0.4, -0.2) is 20.4 Å². The molecule has 0 atom stereocenters. The van der Waals surface area contributed by atoms with Crippen molar-refractivity contribution < 1.29 is 13.6 Å². The molecule has 0 spiro atoms. The number of hydrogen-bond acceptors (Lipinski definition) is 3. The lowest BCUT2D eigenvalue weighted by molar-refractivity contribution is 0.488. The fraction of sp³-hybridized carbons (Fsp3) is 0.0118. The van der Waals surface area contributed by atoms with Gasteiger partial charge in [-0.2, -0.15) is 0 Å². The van der Waals surface area contributed by atoms with Gasteiger partial charge in [0.05, 0.1) is 43.9 Å². The van der Waals surface area contributed by atoms with Crippen LogP contribution in [0.2, 0.25) is 0 Å². The molecule has 6 nitrogen and oxygen atoms in total. The highest BCUT2D eigenvalue weighted by molar-refractivity contribution is 6.99. The van der Waals surface area contributed by atoms with Gasteiger partial charge in [0.1, 0.15) is 33.8 Å². The summed E-state index contributed by atoms with van der Waals surface area (Å²) in [5.74, 6) is 1.70. The molecule has 0 aliphatic carbocycles. The van der Waals surface area contributed by atoms with E-state index in [9.17, 15) is 0 Å². The van der Waals surface area contributed by atoms with Crippen LogP contribution in [0.15, 0.2) is 294 Å². The van der Waals surface area contributed by atoms with E-state index >= 15 is 0 Å². The summed E-state index contributed by atoms with van der Waals surface area (Å²) in [7, 11) is 0. The Bertz CT molecular complexity index is 6330. The Kier molecular flexibility index (Phi) is 10.0. The maximum atomic E-state index is 7.71. The average molecular weight is 1170 g/mol. The van der Waals surface area contributed by atoms with Crippen molar-refractivity contribution in [1.29, 1.82) is 0 Å². The highest BCUT2D eigenvalue weighted by atomic mass is 16.5. The normalized spacial score (nSPS) is 12.7. The number of furan rings is 2. The third-order valence-electron chi connectivity index (χ3n) is 20.1. The summed E-state index contributed by atoms with van der Waals surface area (Å²) >= 11 is 0. The number of fused-ring (bicyclic) bond motifs is 21. The number of nitrogens with zero attached hydrogens (tertiary/aromatic N) is 3. The Morgan fingerprint density at radius 2 is 0.804 bits per heavy atom. The number of rotatable bonds is 6. The molecule has 0 unspecified atom stereocenters. The highest BCUT2D eigenvalue weighted by Gasteiger charge is 2.44. The monoisotopic (exact) mass is 1170 g/mol. The van der Waals surface area contributed by atoms with Crippen molar-refractivity contribution in [2.75, 3.05) is 0 Å². The van der Waals surface area contributed by atoms with Crippen molar-refractivity contribution in [2.45, 2.75) is 6.92 Å². The lowest BCUT2D eigenvalue weighted by Crippen LogP contribution is -2.58. The summed E-state index contributed by atoms with van der Waals surface area (Å²) in [6.45, 7) is 1.91. The van der Waals surface area contributed by atoms with E-state index in [2.05, 4.69) is 306 Å². The largest absolute Gasteiger partial charge is 0.458 e. The molecule has 0 bridgehead atoms. The van der Waals surface area contributed by atoms with Crippen molar-refractivity contribution >= 4 is 132 Å². The number of ether oxygens (including phenoxy) is 1. The summed E-state index contributed by atoms with van der Waals surface area (Å²) < 4.78 is 29.9. The minimum Gasteiger partial charge on any atom is -0.458 e. The lowest BCUT2D eigenvalue weighted by atomic mass is 9.34. The van der Waals surface area contributed by atoms with Gasteiger partial charge in [0.25, 0.3) is 6.71 Å². The molecule has 7 heterocycles. The fourth-order valence-corrected chi connectivity index (χ4v) is 16.3. The van der Waals surface area contributed by atoms with Crippen LogP contribution < -0.4 is 21.1 Å². The van der Waals surface area contributed by atoms with Gasteiger partial charge < -0.3 is 27.3 Å². The van der Waals surface area contributed by atoms with Crippen LogP contribution in [0, 0.1) is 6.92 Å². The van der Waals surface area contributed by atoms with Gasteiger partial charge in [0.15, 0.2) is 0 Å². The lowest BCUT2D eigenvalue weighted by Gasteiger charge is -2.35. The van der Waals surface area contributed by atoms with Crippen LogP contribution in [0.4, 0.5) is 0 Å². The molecule has 426 valence electrons. The molecule has 2 aliphatic heterocycles. The van der Waals surface area contributed by atoms with E-state index in [1.54, 1.807) is 0 Å². The van der Waals surface area contributed by atoms with Crippen LogP contribution in [0.1, 0.15) is 5.56 Å². The zero-order valence-electron chi connectivity index (χ0n) is 49.8. The van der Waals surface area contributed by atoms with Crippen LogP contribution in [0.5, 0.6) is 11.5 Å². The number of benzene rings is 14. The Hall–Kier alpha value is -12.1. The number of aryl methyl sites for hydroxylation is 1. The van der Waals surface area contributed by atoms with E-state index in [4.69, 9.17) is 13.6 Å². The van der Waals surface area contributed by atoms with Gasteiger partial charge in [0.2, 0.25) is 0 Å². The Labute approximate surface area is 527 Å². The van der Waals surface area contributed by atoms with Gasteiger partial charge in [-0.05, 0) is 159 Å². The molecule has 19 aromatic rings. The zero-order chi connectivity index (χ0) is 60.0. The second-order valence-corrected chi connectivity index (χ2v) is 25.0. The Morgan fingerprint density at radius 3 is 1.38 bits per heavy atom. The molecular formula is C85H50BN3O3. The molecule has 0 radical (unpaired) electrons. The Morgan fingerprint density at radius 1 is 0.315 bits per heavy atom. The molecule has 0 saturated heterocycles. The second kappa shape index (κ2) is 18.5. The standard InChI is InChI=1S/C85H50BN3O3/c1-49-42-75-81-78(43-49)92-83-66(58-27-11-10-25-56(58)51-22-6-3-7-23-51)44-52(57-26-9-8-24-55(57)50-20-4-2-5-21-50)45-69(83)86(81)68-48-67-65-47-54(88-72-34-18-14-30-61(72)62-31-15-19-35-73(62)88)37-41-77(65)91-85(67)80-79-74(89(75)82(68)80)39-38-63-64-46-53(36-40-76(64)90-84(63)79)87-70-32-16-12-28-59(70)60-29-13-17-33-71(60)87/h2-48H,1H3. The van der Waals surface area contributed by atoms with E-state index in [-0.39, 0.29) is 6.71 Å². The van der Waals surface area contributed by atoms with Gasteiger partial charge in [-0.25, -0.2) is 0 Å². The first-order valence-corrected chi connectivity index (χ1v) is 31.7. The van der Waals surface area contributed by atoms with E-state index in [0.717, 1.165) is 177 Å². The zero-order valence-corrected chi connectivity index (χ0v) is 49.8. The molecule has 0 amide bonds. The van der Waals surface area contributed by atoms with Gasteiger partial charge >= 0.3 is 0 Å². The van der Waals surface area contributed by atoms with Gasteiger partial charge in [-0.1, -0.05) is 194 Å². The molecule has 7 heteroatoms. The van der Waals surface area contributed by atoms with Crippen molar-refractivity contribution in [1.82, 2.24) is 13.7 Å². The predicted molar refractivity (Wildman–Crippen MR) is 382 cm³/mol. The molecule has 21 rings (SSSR count). The molecular weight excluding hydrogens is 1120 g/mol. The molecule has 2 aliphatic rings. The van der Waals surface area contributed by atoms with E-state index in [1.807, 2.05) is 0 Å². The smallest absolute Gasteiger partial charge is 0.256 e. The number of para-hydroxylation sites is 4. The molecule has 14 aromatic carbocycles. The predicted octanol–water partition coefficient (Wildman–Crippen LogP) is 20.7. The average Bonchev–Trinajstić information content (AvgIpc) is 1.45. The number of aromatic nitrogens is 3. The fourth-order valence-electron chi connectivity index (χ4n) is 16.3. The molecule has 0 fully saturated rings. The quantitative estimate of drug-likeness (QED) is 0.156. The summed E-state index contributed by atoms with van der Waals surface area (Å²) in [5.41, 5.74) is 26.8. The van der Waals surface area contributed by atoms with E-state index < -0.39 is 0 Å². The molecule has 92 heavy (non-hydrogen) atoms. The van der Waals surface area contributed by atoms with E-state index in [1.165, 1.54) is 27.0 Å². The van der Waals surface area contributed by atoms with Crippen LogP contribution >= 0.6 is 0 Å². The first kappa shape index (κ1) is 49.9. The summed E-state index contributed by atoms with van der Waals surface area (Å²) in [6, 6.07) is 104. The maximum absolute atomic E-state index is 7.71. The van der Waals surface area contributed by atoms with Crippen LogP contribution in [-0.2, 0) is 0 Å². The first-order valence-electron chi connectivity index (χ1n) is 31.7. The van der Waals surface area contributed by atoms with Crippen molar-refractivity contribution in [3.8, 4) is 73.1 Å². The minimum absolute atomic E-state index is 0.287. The minimum atomic E-state index is -0.287. The topological polar surface area (TPSA) is 50.3 Å². The molecule has 0 saturated carbocycles. The van der Waals surface area contributed by atoms with Gasteiger partial charge in [-0.15, -0.1) is 0 Å². The Balaban J connectivity index is 0.896. The first-order chi connectivity index (χ1) is 45.6. The third kappa shape index (κ3) is 6.78. The van der Waals surface area contributed by atoms with Gasteiger partial charge in [-0.3, -0.25) is 0 Å². The second-order valence-electron chi connectivity index (χ2n) is 25.0. The number of hydrogen-bond donors (Lipinski definition) is 0. The van der Waals surface area contributed by atoms with Crippen molar-refractivity contribution in [3.63, 3.8) is 0 Å². The van der Waals surface area contributed by atoms with Crippen molar-refractivity contribution in [3.05, 3.63) is 291 Å². The molecule has 5 aromatic heterocycles. The summed E-state index contributed by atoms with van der Waals surface area (Å²) in [6.07, 6.45) is 0. The third-order valence-corrected chi connectivity index (χ3v) is 20.1. The van der Waals surface area contributed by atoms with Gasteiger partial charge in [0, 0.05) is 65.7 Å². The summed E-state index contributed by atoms with van der Waals surface area (Å²) in [5, 5.41) is 11.1. The van der Waals surface area contributed by atoms with Crippen molar-refractivity contribution in [2.24, 2.45) is 0 Å². The molecule has 0 N–H and O–H groups in total. The van der Waals surface area contributed by atoms with Crippen LogP contribution in [0.3, 0.4) is 0 Å². The maximum Gasteiger partial charge on any atom is 0.256 e. The highest BCUT2D eigenvalue weighted by Crippen LogP contribution is 2.50. The van der Waals surface area contributed by atoms with Crippen LogP contribution in [0.25, 0.3) is 171 Å². The summed E-state index contributed by atoms with van der Waals surface area (Å²) in [4.78, 5) is 0. The SMILES string of the molecule is Cc1cc2c3c(c1)-n1c4ccc5c6cc(-n7c8ccccc8c8ccccc87)ccc6oc5c4c4c5oc6ccc(-n7c8ccccc8c8ccccc87)cc6c5cc(c41)B3c1cc(-c3ccccc3-c3ccccc3)cc(-c3ccccc3-c3ccccc3)c1O2.